The lowest BCUT2D eigenvalue weighted by Gasteiger charge is -2.34. The van der Waals surface area contributed by atoms with Crippen LogP contribution in [0.15, 0.2) is 71.6 Å². The highest BCUT2D eigenvalue weighted by molar-refractivity contribution is 7.92. The number of nitrogens with one attached hydrogen (secondary N) is 1. The van der Waals surface area contributed by atoms with Crippen molar-refractivity contribution in [2.75, 3.05) is 10.8 Å². The van der Waals surface area contributed by atoms with Gasteiger partial charge in [0.15, 0.2) is 0 Å². The Morgan fingerprint density at radius 1 is 0.927 bits per heavy atom. The largest absolute Gasteiger partial charge is 0.352 e. The zero-order valence-electron chi connectivity index (χ0n) is 24.0. The van der Waals surface area contributed by atoms with Gasteiger partial charge >= 0.3 is 0 Å². The second-order valence-corrected chi connectivity index (χ2v) is 12.8. The van der Waals surface area contributed by atoms with Crippen molar-refractivity contribution in [2.24, 2.45) is 0 Å². The van der Waals surface area contributed by atoms with Crippen LogP contribution in [-0.2, 0) is 26.2 Å². The van der Waals surface area contributed by atoms with E-state index in [4.69, 9.17) is 23.2 Å². The fraction of sp³-hybridized carbons (Fsp3) is 0.355. The standard InChI is InChI=1S/C31H37Cl2N3O4S/c1-6-23(5)34-31(38)28(7-2)35(19-24-15-16-25(32)18-27(24)33)30(37)20-36(29-17-21(3)13-14-22(29)4)41(39,40)26-11-9-8-10-12-26/h8-18,23,28H,6-7,19-20H2,1-5H3,(H,34,38). The van der Waals surface area contributed by atoms with Gasteiger partial charge in [0, 0.05) is 22.6 Å². The Kier molecular flexibility index (Phi) is 11.2. The lowest BCUT2D eigenvalue weighted by molar-refractivity contribution is -0.140. The van der Waals surface area contributed by atoms with Gasteiger partial charge in [-0.1, -0.05) is 73.4 Å². The Morgan fingerprint density at radius 3 is 2.22 bits per heavy atom. The van der Waals surface area contributed by atoms with Crippen molar-refractivity contribution in [1.82, 2.24) is 10.2 Å². The van der Waals surface area contributed by atoms with Crippen LogP contribution >= 0.6 is 23.2 Å². The topological polar surface area (TPSA) is 86.8 Å². The molecule has 0 aliphatic carbocycles. The molecule has 0 aromatic heterocycles. The number of benzene rings is 3. The monoisotopic (exact) mass is 617 g/mol. The van der Waals surface area contributed by atoms with E-state index in [1.807, 2.05) is 39.8 Å². The summed E-state index contributed by atoms with van der Waals surface area (Å²) in [6.45, 7) is 8.80. The molecule has 220 valence electrons. The summed E-state index contributed by atoms with van der Waals surface area (Å²) in [6.07, 6.45) is 1.03. The van der Waals surface area contributed by atoms with E-state index in [0.29, 0.717) is 33.3 Å². The molecule has 2 atom stereocenters. The second kappa shape index (κ2) is 14.2. The first-order chi connectivity index (χ1) is 19.4. The number of carbonyl (C=O) groups is 2. The number of hydrogen-bond donors (Lipinski definition) is 1. The highest BCUT2D eigenvalue weighted by Gasteiger charge is 2.34. The summed E-state index contributed by atoms with van der Waals surface area (Å²) in [5, 5.41) is 3.75. The summed E-state index contributed by atoms with van der Waals surface area (Å²) in [4.78, 5) is 29.1. The lowest BCUT2D eigenvalue weighted by Crippen LogP contribution is -2.53. The number of amides is 2. The summed E-state index contributed by atoms with van der Waals surface area (Å²) in [6, 6.07) is 17.4. The molecule has 2 unspecified atom stereocenters. The molecular weight excluding hydrogens is 581 g/mol. The van der Waals surface area contributed by atoms with Crippen molar-refractivity contribution >= 4 is 50.7 Å². The van der Waals surface area contributed by atoms with E-state index < -0.39 is 28.5 Å². The van der Waals surface area contributed by atoms with Gasteiger partial charge in [-0.2, -0.15) is 0 Å². The van der Waals surface area contributed by atoms with Crippen LogP contribution in [0.1, 0.15) is 50.3 Å². The third-order valence-electron chi connectivity index (χ3n) is 6.99. The van der Waals surface area contributed by atoms with E-state index in [1.54, 1.807) is 49.4 Å². The first-order valence-corrected chi connectivity index (χ1v) is 15.8. The second-order valence-electron chi connectivity index (χ2n) is 10.1. The first kappa shape index (κ1) is 32.4. The molecule has 1 N–H and O–H groups in total. The maximum atomic E-state index is 14.2. The fourth-order valence-electron chi connectivity index (χ4n) is 4.42. The number of rotatable bonds is 12. The molecule has 0 saturated heterocycles. The molecule has 0 aliphatic heterocycles. The van der Waals surface area contributed by atoms with Crippen molar-refractivity contribution in [3.8, 4) is 0 Å². The number of sulfonamides is 1. The van der Waals surface area contributed by atoms with Crippen molar-refractivity contribution < 1.29 is 18.0 Å². The summed E-state index contributed by atoms with van der Waals surface area (Å²) in [5.74, 6) is -0.855. The molecule has 3 rings (SSSR count). The molecule has 0 spiro atoms. The lowest BCUT2D eigenvalue weighted by atomic mass is 10.1. The maximum Gasteiger partial charge on any atom is 0.264 e. The van der Waals surface area contributed by atoms with Crippen LogP contribution in [0.25, 0.3) is 0 Å². The summed E-state index contributed by atoms with van der Waals surface area (Å²) in [7, 11) is -4.14. The highest BCUT2D eigenvalue weighted by atomic mass is 35.5. The molecule has 0 aliphatic rings. The van der Waals surface area contributed by atoms with Gasteiger partial charge in [-0.05, 0) is 80.6 Å². The Morgan fingerprint density at radius 2 is 1.61 bits per heavy atom. The van der Waals surface area contributed by atoms with E-state index >= 15 is 0 Å². The average Bonchev–Trinajstić information content (AvgIpc) is 2.94. The molecule has 0 saturated carbocycles. The van der Waals surface area contributed by atoms with Gasteiger partial charge in [0.1, 0.15) is 12.6 Å². The average molecular weight is 619 g/mol. The predicted octanol–water partition coefficient (Wildman–Crippen LogP) is 6.53. The predicted molar refractivity (Wildman–Crippen MR) is 166 cm³/mol. The highest BCUT2D eigenvalue weighted by Crippen LogP contribution is 2.29. The van der Waals surface area contributed by atoms with Crippen LogP contribution in [0.4, 0.5) is 5.69 Å². The van der Waals surface area contributed by atoms with Gasteiger partial charge in [-0.25, -0.2) is 8.42 Å². The molecule has 2 amide bonds. The number of carbonyl (C=O) groups excluding carboxylic acids is 2. The minimum absolute atomic E-state index is 0.00665. The van der Waals surface area contributed by atoms with Crippen LogP contribution in [0.5, 0.6) is 0 Å². The zero-order valence-corrected chi connectivity index (χ0v) is 26.4. The van der Waals surface area contributed by atoms with Gasteiger partial charge < -0.3 is 10.2 Å². The third kappa shape index (κ3) is 8.03. The number of hydrogen-bond acceptors (Lipinski definition) is 4. The first-order valence-electron chi connectivity index (χ1n) is 13.6. The molecule has 0 bridgehead atoms. The number of aryl methyl sites for hydroxylation is 2. The molecular formula is C31H37Cl2N3O4S. The van der Waals surface area contributed by atoms with Crippen LogP contribution < -0.4 is 9.62 Å². The van der Waals surface area contributed by atoms with Gasteiger partial charge in [-0.15, -0.1) is 0 Å². The normalized spacial score (nSPS) is 12.9. The van der Waals surface area contributed by atoms with Gasteiger partial charge in [-0.3, -0.25) is 13.9 Å². The Hall–Kier alpha value is -3.07. The molecule has 41 heavy (non-hydrogen) atoms. The maximum absolute atomic E-state index is 14.2. The van der Waals surface area contributed by atoms with E-state index in [0.717, 1.165) is 16.3 Å². The van der Waals surface area contributed by atoms with Crippen molar-refractivity contribution in [2.45, 2.75) is 71.0 Å². The fourth-order valence-corrected chi connectivity index (χ4v) is 6.38. The molecule has 0 heterocycles. The number of halogens is 2. The van der Waals surface area contributed by atoms with Gasteiger partial charge in [0.2, 0.25) is 11.8 Å². The van der Waals surface area contributed by atoms with E-state index in [9.17, 15) is 18.0 Å². The molecule has 10 heteroatoms. The van der Waals surface area contributed by atoms with E-state index in [-0.39, 0.29) is 23.4 Å². The molecule has 3 aromatic carbocycles. The van der Waals surface area contributed by atoms with Crippen molar-refractivity contribution in [3.63, 3.8) is 0 Å². The Balaban J connectivity index is 2.11. The molecule has 3 aromatic rings. The third-order valence-corrected chi connectivity index (χ3v) is 9.35. The molecule has 7 nitrogen and oxygen atoms in total. The Labute approximate surface area is 253 Å². The van der Waals surface area contributed by atoms with Crippen molar-refractivity contribution in [1.29, 1.82) is 0 Å². The smallest absolute Gasteiger partial charge is 0.264 e. The number of anilines is 1. The van der Waals surface area contributed by atoms with Crippen molar-refractivity contribution in [3.05, 3.63) is 93.5 Å². The molecule has 0 radical (unpaired) electrons. The van der Waals surface area contributed by atoms with Gasteiger partial charge in [0.05, 0.1) is 10.6 Å². The Bertz CT molecular complexity index is 1480. The van der Waals surface area contributed by atoms with E-state index in [1.165, 1.54) is 17.0 Å². The number of nitrogens with zero attached hydrogens (tertiary/aromatic N) is 2. The van der Waals surface area contributed by atoms with E-state index in [2.05, 4.69) is 5.32 Å². The molecule has 0 fully saturated rings. The minimum Gasteiger partial charge on any atom is -0.352 e. The zero-order chi connectivity index (χ0) is 30.3. The van der Waals surface area contributed by atoms with Crippen LogP contribution in [0, 0.1) is 13.8 Å². The van der Waals surface area contributed by atoms with Crippen LogP contribution in [0.2, 0.25) is 10.0 Å². The van der Waals surface area contributed by atoms with Crippen LogP contribution in [-0.4, -0.2) is 43.8 Å². The summed E-state index contributed by atoms with van der Waals surface area (Å²) < 4.78 is 29.1. The summed E-state index contributed by atoms with van der Waals surface area (Å²) >= 11 is 12.6. The minimum atomic E-state index is -4.14. The van der Waals surface area contributed by atoms with Gasteiger partial charge in [0.25, 0.3) is 10.0 Å². The SMILES string of the molecule is CCC(C)NC(=O)C(CC)N(Cc1ccc(Cl)cc1Cl)C(=O)CN(c1cc(C)ccc1C)S(=O)(=O)c1ccccc1. The van der Waals surface area contributed by atoms with Crippen LogP contribution in [0.3, 0.4) is 0 Å². The summed E-state index contributed by atoms with van der Waals surface area (Å²) in [5.41, 5.74) is 2.51. The quantitative estimate of drug-likeness (QED) is 0.250.